The largest absolute Gasteiger partial charge is 0.483 e. The predicted octanol–water partition coefficient (Wildman–Crippen LogP) is 2.89. The molecule has 0 heterocycles. The van der Waals surface area contributed by atoms with E-state index in [9.17, 15) is 4.79 Å². The number of hydrogen-bond donors (Lipinski definition) is 1. The number of rotatable bonds is 5. The smallest absolute Gasteiger partial charge is 0.277 e. The minimum atomic E-state index is -0.278. The van der Waals surface area contributed by atoms with E-state index in [1.54, 1.807) is 6.21 Å². The van der Waals surface area contributed by atoms with Gasteiger partial charge in [0.15, 0.2) is 6.61 Å². The van der Waals surface area contributed by atoms with E-state index >= 15 is 0 Å². The van der Waals surface area contributed by atoms with Crippen LogP contribution in [0.15, 0.2) is 27.8 Å². The van der Waals surface area contributed by atoms with Gasteiger partial charge in [0.2, 0.25) is 0 Å². The molecule has 0 aliphatic rings. The molecule has 0 spiro atoms. The third-order valence-electron chi connectivity index (χ3n) is 2.01. The van der Waals surface area contributed by atoms with Gasteiger partial charge in [-0.05, 0) is 46.5 Å². The maximum atomic E-state index is 11.4. The number of nitrogens with zero attached hydrogens (tertiary/aromatic N) is 1. The number of ether oxygens (including phenoxy) is 1. The van der Waals surface area contributed by atoms with Crippen molar-refractivity contribution in [3.05, 3.63) is 28.2 Å². The molecule has 1 amide bonds. The van der Waals surface area contributed by atoms with Gasteiger partial charge in [-0.3, -0.25) is 4.79 Å². The summed E-state index contributed by atoms with van der Waals surface area (Å²) in [6, 6.07) is 5.68. The number of benzene rings is 1. The van der Waals surface area contributed by atoms with E-state index in [-0.39, 0.29) is 12.5 Å². The van der Waals surface area contributed by atoms with Crippen molar-refractivity contribution in [2.75, 3.05) is 6.61 Å². The average molecular weight is 313 g/mol. The number of carbonyl (C=O) groups is 1. The molecule has 0 aliphatic carbocycles. The van der Waals surface area contributed by atoms with Crippen LogP contribution in [0.4, 0.5) is 0 Å². The summed E-state index contributed by atoms with van der Waals surface area (Å²) in [4.78, 5) is 11.4. The lowest BCUT2D eigenvalue weighted by molar-refractivity contribution is -0.123. The van der Waals surface area contributed by atoms with E-state index in [1.165, 1.54) is 0 Å². The van der Waals surface area contributed by atoms with Crippen LogP contribution < -0.4 is 10.2 Å². The van der Waals surface area contributed by atoms with Gasteiger partial charge in [-0.2, -0.15) is 5.10 Å². The SMILES string of the molecule is Cc1ccc(OCC(=O)N/N=C/C(C)C)c(Br)c1. The summed E-state index contributed by atoms with van der Waals surface area (Å²) >= 11 is 3.38. The average Bonchev–Trinajstić information content (AvgIpc) is 2.27. The van der Waals surface area contributed by atoms with Crippen molar-refractivity contribution in [3.8, 4) is 5.75 Å². The Bertz CT molecular complexity index is 445. The van der Waals surface area contributed by atoms with Gasteiger partial charge in [-0.15, -0.1) is 0 Å². The predicted molar refractivity (Wildman–Crippen MR) is 75.8 cm³/mol. The molecular formula is C13H17BrN2O2. The lowest BCUT2D eigenvalue weighted by atomic mass is 10.2. The number of halogens is 1. The Morgan fingerprint density at radius 2 is 2.28 bits per heavy atom. The van der Waals surface area contributed by atoms with Crippen molar-refractivity contribution in [3.63, 3.8) is 0 Å². The van der Waals surface area contributed by atoms with Crippen molar-refractivity contribution in [1.82, 2.24) is 5.43 Å². The van der Waals surface area contributed by atoms with Crippen LogP contribution >= 0.6 is 15.9 Å². The standard InChI is InChI=1S/C13H17BrN2O2/c1-9(2)7-15-16-13(17)8-18-12-5-4-10(3)6-11(12)14/h4-7,9H,8H2,1-3H3,(H,16,17)/b15-7+. The first-order chi connectivity index (χ1) is 8.49. The summed E-state index contributed by atoms with van der Waals surface area (Å²) in [6.07, 6.45) is 1.67. The van der Waals surface area contributed by atoms with E-state index in [4.69, 9.17) is 4.74 Å². The molecule has 18 heavy (non-hydrogen) atoms. The Kier molecular flexibility index (Phi) is 5.85. The zero-order valence-corrected chi connectivity index (χ0v) is 12.3. The minimum Gasteiger partial charge on any atom is -0.483 e. The minimum absolute atomic E-state index is 0.0584. The first kappa shape index (κ1) is 14.7. The van der Waals surface area contributed by atoms with Gasteiger partial charge in [0.1, 0.15) is 5.75 Å². The molecule has 0 unspecified atom stereocenters. The zero-order chi connectivity index (χ0) is 13.5. The van der Waals surface area contributed by atoms with Gasteiger partial charge in [0.25, 0.3) is 5.91 Å². The van der Waals surface area contributed by atoms with Gasteiger partial charge in [-0.1, -0.05) is 19.9 Å². The van der Waals surface area contributed by atoms with Crippen LogP contribution in [0.3, 0.4) is 0 Å². The molecule has 4 nitrogen and oxygen atoms in total. The highest BCUT2D eigenvalue weighted by Gasteiger charge is 2.04. The lowest BCUT2D eigenvalue weighted by Crippen LogP contribution is -2.24. The summed E-state index contributed by atoms with van der Waals surface area (Å²) in [7, 11) is 0. The van der Waals surface area contributed by atoms with Crippen molar-refractivity contribution < 1.29 is 9.53 Å². The number of nitrogens with one attached hydrogen (secondary N) is 1. The Morgan fingerprint density at radius 1 is 1.56 bits per heavy atom. The molecule has 0 atom stereocenters. The second kappa shape index (κ2) is 7.16. The zero-order valence-electron chi connectivity index (χ0n) is 10.7. The molecule has 1 aromatic carbocycles. The number of amides is 1. The molecule has 0 aromatic heterocycles. The lowest BCUT2D eigenvalue weighted by Gasteiger charge is -2.07. The first-order valence-electron chi connectivity index (χ1n) is 5.70. The van der Waals surface area contributed by atoms with Gasteiger partial charge in [-0.25, -0.2) is 5.43 Å². The normalized spacial score (nSPS) is 10.9. The van der Waals surface area contributed by atoms with Crippen LogP contribution in [0, 0.1) is 12.8 Å². The molecule has 0 radical (unpaired) electrons. The summed E-state index contributed by atoms with van der Waals surface area (Å²) in [6.45, 7) is 5.89. The first-order valence-corrected chi connectivity index (χ1v) is 6.49. The topological polar surface area (TPSA) is 50.7 Å². The second-order valence-corrected chi connectivity index (χ2v) is 5.13. The van der Waals surface area contributed by atoms with Crippen molar-refractivity contribution in [2.45, 2.75) is 20.8 Å². The Hall–Kier alpha value is -1.36. The van der Waals surface area contributed by atoms with Crippen LogP contribution in [0.1, 0.15) is 19.4 Å². The molecule has 1 aromatic rings. The highest BCUT2D eigenvalue weighted by atomic mass is 79.9. The van der Waals surface area contributed by atoms with E-state index < -0.39 is 0 Å². The van der Waals surface area contributed by atoms with Crippen molar-refractivity contribution >= 4 is 28.1 Å². The maximum absolute atomic E-state index is 11.4. The molecule has 1 N–H and O–H groups in total. The number of hydrogen-bond acceptors (Lipinski definition) is 3. The Balaban J connectivity index is 2.43. The number of carbonyl (C=O) groups excluding carboxylic acids is 1. The Morgan fingerprint density at radius 3 is 2.89 bits per heavy atom. The second-order valence-electron chi connectivity index (χ2n) is 4.28. The van der Waals surface area contributed by atoms with Crippen molar-refractivity contribution in [1.29, 1.82) is 0 Å². The molecule has 5 heteroatoms. The molecule has 0 saturated heterocycles. The number of hydrazone groups is 1. The van der Waals surface area contributed by atoms with E-state index in [2.05, 4.69) is 26.5 Å². The fraction of sp³-hybridized carbons (Fsp3) is 0.385. The van der Waals surface area contributed by atoms with E-state index in [0.29, 0.717) is 11.7 Å². The molecular weight excluding hydrogens is 296 g/mol. The van der Waals surface area contributed by atoms with Gasteiger partial charge < -0.3 is 4.74 Å². The highest BCUT2D eigenvalue weighted by molar-refractivity contribution is 9.10. The van der Waals surface area contributed by atoms with Crippen molar-refractivity contribution in [2.24, 2.45) is 11.0 Å². The van der Waals surface area contributed by atoms with Gasteiger partial charge >= 0.3 is 0 Å². The van der Waals surface area contributed by atoms with E-state index in [1.807, 2.05) is 39.0 Å². The third-order valence-corrected chi connectivity index (χ3v) is 2.63. The van der Waals surface area contributed by atoms with E-state index in [0.717, 1.165) is 10.0 Å². The monoisotopic (exact) mass is 312 g/mol. The quantitative estimate of drug-likeness (QED) is 0.671. The molecule has 1 rings (SSSR count). The molecule has 98 valence electrons. The van der Waals surface area contributed by atoms with Gasteiger partial charge in [0, 0.05) is 6.21 Å². The maximum Gasteiger partial charge on any atom is 0.277 e. The summed E-state index contributed by atoms with van der Waals surface area (Å²) < 4.78 is 6.21. The molecule has 0 bridgehead atoms. The van der Waals surface area contributed by atoms with Crippen LogP contribution in [0.2, 0.25) is 0 Å². The number of aryl methyl sites for hydroxylation is 1. The van der Waals surface area contributed by atoms with Crippen LogP contribution in [0.5, 0.6) is 5.75 Å². The van der Waals surface area contributed by atoms with Crippen LogP contribution in [-0.2, 0) is 4.79 Å². The van der Waals surface area contributed by atoms with Gasteiger partial charge in [0.05, 0.1) is 4.47 Å². The molecule has 0 aliphatic heterocycles. The van der Waals surface area contributed by atoms with Crippen LogP contribution in [0.25, 0.3) is 0 Å². The molecule has 0 fully saturated rings. The van der Waals surface area contributed by atoms with Crippen LogP contribution in [-0.4, -0.2) is 18.7 Å². The Labute approximate surface area is 116 Å². The summed E-state index contributed by atoms with van der Waals surface area (Å²) in [5.41, 5.74) is 3.53. The fourth-order valence-corrected chi connectivity index (χ4v) is 1.76. The third kappa shape index (κ3) is 5.31. The summed E-state index contributed by atoms with van der Waals surface area (Å²) in [5.74, 6) is 0.667. The summed E-state index contributed by atoms with van der Waals surface area (Å²) in [5, 5.41) is 3.80. The highest BCUT2D eigenvalue weighted by Crippen LogP contribution is 2.25. The fourth-order valence-electron chi connectivity index (χ4n) is 1.16. The molecule has 0 saturated carbocycles.